The minimum absolute atomic E-state index is 0.0713. The van der Waals surface area contributed by atoms with Crippen molar-refractivity contribution < 1.29 is 58.4 Å². The number of hydrogen-bond donors (Lipinski definition) is 4. The Morgan fingerprint density at radius 2 is 1.41 bits per heavy atom. The Labute approximate surface area is 363 Å². The predicted molar refractivity (Wildman–Crippen MR) is 227 cm³/mol. The number of carbonyl (C=O) groups is 2. The molecule has 6 fully saturated rings. The van der Waals surface area contributed by atoms with Crippen molar-refractivity contribution in [2.75, 3.05) is 48.1 Å². The van der Waals surface area contributed by atoms with Crippen LogP contribution < -0.4 is 0 Å². The Kier molecular flexibility index (Phi) is 14.4. The van der Waals surface area contributed by atoms with Gasteiger partial charge in [-0.25, -0.2) is 4.79 Å². The molecular formula is C48H75NO12. The van der Waals surface area contributed by atoms with Gasteiger partial charge in [0.25, 0.3) is 0 Å². The number of aliphatic hydroxyl groups excluding tert-OH is 2. The van der Waals surface area contributed by atoms with Crippen molar-refractivity contribution in [3.63, 3.8) is 0 Å². The van der Waals surface area contributed by atoms with E-state index in [0.29, 0.717) is 19.5 Å². The summed E-state index contributed by atoms with van der Waals surface area (Å²) in [6.45, 7) is 5.23. The zero-order valence-electron chi connectivity index (χ0n) is 37.6. The van der Waals surface area contributed by atoms with Gasteiger partial charge in [-0.15, -0.1) is 0 Å². The van der Waals surface area contributed by atoms with Gasteiger partial charge in [0.05, 0.1) is 42.0 Å². The van der Waals surface area contributed by atoms with Crippen molar-refractivity contribution in [3.05, 3.63) is 35.9 Å². The summed E-state index contributed by atoms with van der Waals surface area (Å²) in [5.74, 6) is -4.15. The minimum Gasteiger partial charge on any atom is -0.455 e. The van der Waals surface area contributed by atoms with Crippen LogP contribution in [0.2, 0.25) is 0 Å². The monoisotopic (exact) mass is 858 g/mol. The predicted octanol–water partition coefficient (Wildman–Crippen LogP) is 5.22. The molecule has 15 atom stereocenters. The van der Waals surface area contributed by atoms with Crippen molar-refractivity contribution in [3.8, 4) is 0 Å². The molecule has 5 aliphatic carbocycles. The van der Waals surface area contributed by atoms with Crippen LogP contribution in [0.3, 0.4) is 0 Å². The Hall–Kier alpha value is -2.20. The molecule has 1 aromatic carbocycles. The summed E-state index contributed by atoms with van der Waals surface area (Å²) in [5, 5.41) is 52.6. The van der Waals surface area contributed by atoms with E-state index in [1.54, 1.807) is 51.7 Å². The van der Waals surface area contributed by atoms with Crippen LogP contribution in [-0.4, -0.2) is 145 Å². The molecule has 6 aliphatic rings. The Bertz CT molecular complexity index is 1650. The number of esters is 2. The lowest BCUT2D eigenvalue weighted by Gasteiger charge is -2.72. The Morgan fingerprint density at radius 3 is 1.97 bits per heavy atom. The molecule has 1 unspecified atom stereocenters. The number of ether oxygens (including phenoxy) is 6. The van der Waals surface area contributed by atoms with E-state index in [1.165, 1.54) is 64.9 Å². The highest BCUT2D eigenvalue weighted by Crippen LogP contribution is 2.82. The summed E-state index contributed by atoms with van der Waals surface area (Å²) in [6, 6.07) is 7.78. The van der Waals surface area contributed by atoms with Crippen molar-refractivity contribution in [2.24, 2.45) is 28.6 Å². The number of rotatable bonds is 23. The van der Waals surface area contributed by atoms with Crippen LogP contribution in [0.4, 0.5) is 0 Å². The average molecular weight is 858 g/mol. The molecule has 1 aromatic rings. The summed E-state index contributed by atoms with van der Waals surface area (Å²) in [4.78, 5) is 30.9. The van der Waals surface area contributed by atoms with Crippen LogP contribution in [0.5, 0.6) is 0 Å². The highest BCUT2D eigenvalue weighted by atomic mass is 16.6. The molecule has 1 saturated heterocycles. The molecule has 1 aliphatic heterocycles. The minimum atomic E-state index is -2.13. The molecule has 0 amide bonds. The van der Waals surface area contributed by atoms with Crippen LogP contribution in [0, 0.1) is 28.6 Å². The molecule has 7 rings (SSSR count). The maximum atomic E-state index is 14.6. The average Bonchev–Trinajstić information content (AvgIpc) is 3.60. The van der Waals surface area contributed by atoms with E-state index < -0.39 is 106 Å². The third-order valence-corrected chi connectivity index (χ3v) is 16.7. The van der Waals surface area contributed by atoms with Gasteiger partial charge in [-0.05, 0) is 25.1 Å². The number of hydrogen-bond acceptors (Lipinski definition) is 13. The van der Waals surface area contributed by atoms with E-state index in [0.717, 1.165) is 19.3 Å². The second-order valence-electron chi connectivity index (χ2n) is 19.5. The summed E-state index contributed by atoms with van der Waals surface area (Å²) < 4.78 is 38.2. The Morgan fingerprint density at radius 1 is 0.787 bits per heavy atom. The SMILES string of the molecule is CCCCCCCCCCCCCCCC(=O)O[C@@]12[C@@H]3C4N(CC)C[C@]5(COC)[C@H](O)C[C@H](OC)[C@]4([C@@H]5[C@H]3OC)[C@]3(O)C[C@@](O)([C@H](OC(=O)c4ccccc4)[C@H]13)[C@@H](OC)[C@@H]2O. The van der Waals surface area contributed by atoms with Gasteiger partial charge in [0.2, 0.25) is 0 Å². The molecule has 0 aromatic heterocycles. The number of nitrogens with zero attached hydrogens (tertiary/aromatic N) is 1. The molecule has 61 heavy (non-hydrogen) atoms. The van der Waals surface area contributed by atoms with Crippen molar-refractivity contribution in [2.45, 2.75) is 176 Å². The molecule has 344 valence electrons. The number of piperidine rings is 1. The topological polar surface area (TPSA) is 174 Å². The third kappa shape index (κ3) is 7.05. The first kappa shape index (κ1) is 46.8. The fourth-order valence-electron chi connectivity index (χ4n) is 14.6. The van der Waals surface area contributed by atoms with Gasteiger partial charge in [0.15, 0.2) is 5.60 Å². The van der Waals surface area contributed by atoms with Crippen molar-refractivity contribution in [1.29, 1.82) is 0 Å². The number of fused-ring (bicyclic) bond motifs is 2. The Balaban J connectivity index is 1.26. The number of aliphatic hydroxyl groups is 4. The number of benzene rings is 1. The van der Waals surface area contributed by atoms with Crippen LogP contribution in [0.25, 0.3) is 0 Å². The second-order valence-corrected chi connectivity index (χ2v) is 19.5. The molecule has 0 radical (unpaired) electrons. The highest BCUT2D eigenvalue weighted by molar-refractivity contribution is 5.89. The molecule has 13 nitrogen and oxygen atoms in total. The van der Waals surface area contributed by atoms with Gasteiger partial charge >= 0.3 is 11.9 Å². The normalized spacial score (nSPS) is 41.8. The zero-order chi connectivity index (χ0) is 43.8. The fourth-order valence-corrected chi connectivity index (χ4v) is 14.6. The second kappa shape index (κ2) is 18.7. The molecule has 1 spiro atoms. The molecule has 5 saturated carbocycles. The van der Waals surface area contributed by atoms with E-state index >= 15 is 0 Å². The van der Waals surface area contributed by atoms with Gasteiger partial charge in [-0.1, -0.05) is 109 Å². The van der Waals surface area contributed by atoms with Crippen LogP contribution in [-0.2, 0) is 33.2 Å². The smallest absolute Gasteiger partial charge is 0.338 e. The third-order valence-electron chi connectivity index (χ3n) is 16.7. The van der Waals surface area contributed by atoms with Gasteiger partial charge in [0, 0.05) is 83.0 Å². The first-order valence-corrected chi connectivity index (χ1v) is 23.5. The molecular weight excluding hydrogens is 783 g/mol. The lowest BCUT2D eigenvalue weighted by atomic mass is 9.40. The number of carbonyl (C=O) groups excluding carboxylic acids is 2. The lowest BCUT2D eigenvalue weighted by molar-refractivity contribution is -0.355. The first-order chi connectivity index (χ1) is 29.4. The quantitative estimate of drug-likeness (QED) is 0.0834. The molecule has 7 bridgehead atoms. The standard InChI is InChI=1S/C48H75NO12/c1-7-9-10-11-12-13-14-15-16-17-18-19-23-26-34(51)61-48-35-36(58-5)37-44(30-56-3)29-49(8-2)39(35)47(37,33(57-4)27-32(44)50)46(55)28-45(54,42(59-6)40(48)52)41(38(46)48)60-43(53)31-24-21-20-22-25-31/h20-22,24-25,32-33,35-42,50,52,54-55H,7-19,23,26-30H2,1-6H3/t32-,33+,35+,36+,37-,38+,39?,40+,41-,42+,44+,45-,46+,47-,48+/m1/s1. The van der Waals surface area contributed by atoms with E-state index in [1.807, 2.05) is 6.92 Å². The largest absolute Gasteiger partial charge is 0.455 e. The first-order valence-electron chi connectivity index (χ1n) is 23.5. The summed E-state index contributed by atoms with van der Waals surface area (Å²) in [7, 11) is 6.09. The van der Waals surface area contributed by atoms with Crippen LogP contribution in [0.15, 0.2) is 30.3 Å². The van der Waals surface area contributed by atoms with Crippen LogP contribution >= 0.6 is 0 Å². The van der Waals surface area contributed by atoms with Crippen LogP contribution in [0.1, 0.15) is 127 Å². The number of likely N-dealkylation sites (tertiary alicyclic amines) is 1. The van der Waals surface area contributed by atoms with Crippen molar-refractivity contribution >= 4 is 11.9 Å². The van der Waals surface area contributed by atoms with E-state index in [9.17, 15) is 30.0 Å². The maximum Gasteiger partial charge on any atom is 0.338 e. The molecule has 4 N–H and O–H groups in total. The number of unbranched alkanes of at least 4 members (excludes halogenated alkanes) is 12. The fraction of sp³-hybridized carbons (Fsp3) is 0.833. The van der Waals surface area contributed by atoms with E-state index in [4.69, 9.17) is 28.4 Å². The van der Waals surface area contributed by atoms with E-state index in [-0.39, 0.29) is 25.0 Å². The lowest BCUT2D eigenvalue weighted by Crippen LogP contribution is -2.85. The van der Waals surface area contributed by atoms with E-state index in [2.05, 4.69) is 11.8 Å². The summed E-state index contributed by atoms with van der Waals surface area (Å²) in [5.41, 5.74) is -8.20. The van der Waals surface area contributed by atoms with Crippen molar-refractivity contribution in [1.82, 2.24) is 4.90 Å². The maximum absolute atomic E-state index is 14.6. The highest BCUT2D eigenvalue weighted by Gasteiger charge is 2.96. The summed E-state index contributed by atoms with van der Waals surface area (Å²) >= 11 is 0. The summed E-state index contributed by atoms with van der Waals surface area (Å²) in [6.07, 6.45) is 7.66. The molecule has 13 heteroatoms. The molecule has 1 heterocycles. The van der Waals surface area contributed by atoms with Gasteiger partial charge in [-0.2, -0.15) is 0 Å². The van der Waals surface area contributed by atoms with Gasteiger partial charge in [0.1, 0.15) is 23.9 Å². The van der Waals surface area contributed by atoms with Gasteiger partial charge in [-0.3, -0.25) is 9.69 Å². The zero-order valence-corrected chi connectivity index (χ0v) is 37.6. The number of methoxy groups -OCH3 is 4. The van der Waals surface area contributed by atoms with Gasteiger partial charge < -0.3 is 48.8 Å².